The summed E-state index contributed by atoms with van der Waals surface area (Å²) in [6.45, 7) is 0. The largest absolute Gasteiger partial charge is 0.481 e. The van der Waals surface area contributed by atoms with Crippen molar-refractivity contribution in [2.24, 2.45) is 0 Å². The van der Waals surface area contributed by atoms with Gasteiger partial charge < -0.3 is 9.84 Å². The van der Waals surface area contributed by atoms with Crippen molar-refractivity contribution >= 4 is 17.3 Å². The first-order valence-electron chi connectivity index (χ1n) is 5.21. The highest BCUT2D eigenvalue weighted by Crippen LogP contribution is 2.24. The van der Waals surface area contributed by atoms with Crippen molar-refractivity contribution < 1.29 is 14.6 Å². The Morgan fingerprint density at radius 3 is 3.06 bits per heavy atom. The molecule has 2 aromatic heterocycles. The molecule has 0 saturated carbocycles. The summed E-state index contributed by atoms with van der Waals surface area (Å²) in [5.74, 6) is -0.351. The van der Waals surface area contributed by atoms with Gasteiger partial charge >= 0.3 is 5.97 Å². The molecule has 0 aromatic carbocycles. The van der Waals surface area contributed by atoms with E-state index in [1.807, 2.05) is 5.38 Å². The average molecular weight is 265 g/mol. The van der Waals surface area contributed by atoms with Crippen molar-refractivity contribution in [2.45, 2.75) is 12.8 Å². The lowest BCUT2D eigenvalue weighted by Gasteiger charge is -1.99. The molecule has 0 aliphatic rings. The molecule has 94 valence electrons. The summed E-state index contributed by atoms with van der Waals surface area (Å²) in [6, 6.07) is 1.69. The molecule has 0 spiro atoms. The number of ether oxygens (including phenoxy) is 1. The van der Waals surface area contributed by atoms with E-state index in [1.165, 1.54) is 24.8 Å². The number of nitrogens with zero attached hydrogens (tertiary/aromatic N) is 3. The molecule has 6 nitrogen and oxygen atoms in total. The Bertz CT molecular complexity index is 556. The normalized spacial score (nSPS) is 10.3. The molecule has 0 unspecified atom stereocenters. The summed E-state index contributed by atoms with van der Waals surface area (Å²) in [5.41, 5.74) is 1.43. The molecule has 7 heteroatoms. The molecule has 0 bridgehead atoms. The van der Waals surface area contributed by atoms with Crippen molar-refractivity contribution in [3.8, 4) is 16.6 Å². The minimum atomic E-state index is -0.826. The van der Waals surface area contributed by atoms with Gasteiger partial charge in [-0.25, -0.2) is 15.0 Å². The monoisotopic (exact) mass is 265 g/mol. The molecule has 0 amide bonds. The highest BCUT2D eigenvalue weighted by Gasteiger charge is 2.08. The van der Waals surface area contributed by atoms with Crippen molar-refractivity contribution in [3.63, 3.8) is 0 Å². The molecular formula is C11H11N3O3S. The van der Waals surface area contributed by atoms with Gasteiger partial charge in [-0.2, -0.15) is 0 Å². The second-order valence-electron chi connectivity index (χ2n) is 3.48. The number of aryl methyl sites for hydroxylation is 1. The fourth-order valence-electron chi connectivity index (χ4n) is 1.34. The van der Waals surface area contributed by atoms with Gasteiger partial charge in [0, 0.05) is 17.9 Å². The number of hydrogen-bond donors (Lipinski definition) is 1. The predicted molar refractivity (Wildman–Crippen MR) is 65.6 cm³/mol. The zero-order valence-electron chi connectivity index (χ0n) is 9.66. The van der Waals surface area contributed by atoms with Crippen molar-refractivity contribution in [3.05, 3.63) is 23.5 Å². The van der Waals surface area contributed by atoms with E-state index in [9.17, 15) is 4.79 Å². The van der Waals surface area contributed by atoms with Crippen LogP contribution in [0.15, 0.2) is 17.8 Å². The van der Waals surface area contributed by atoms with Crippen LogP contribution in [-0.2, 0) is 11.2 Å². The molecular weight excluding hydrogens is 254 g/mol. The number of methoxy groups -OCH3 is 1. The van der Waals surface area contributed by atoms with Crippen molar-refractivity contribution in [1.82, 2.24) is 15.0 Å². The predicted octanol–water partition coefficient (Wildman–Crippen LogP) is 1.63. The van der Waals surface area contributed by atoms with E-state index in [2.05, 4.69) is 15.0 Å². The molecule has 2 rings (SSSR count). The van der Waals surface area contributed by atoms with Gasteiger partial charge in [-0.05, 0) is 0 Å². The molecule has 2 aromatic rings. The maximum atomic E-state index is 10.5. The van der Waals surface area contributed by atoms with E-state index in [0.717, 1.165) is 10.7 Å². The Morgan fingerprint density at radius 2 is 2.33 bits per heavy atom. The Morgan fingerprint density at radius 1 is 1.50 bits per heavy atom. The number of carboxylic acid groups (broad SMARTS) is 1. The lowest BCUT2D eigenvalue weighted by atomic mass is 10.2. The zero-order valence-corrected chi connectivity index (χ0v) is 10.5. The van der Waals surface area contributed by atoms with Gasteiger partial charge in [-0.3, -0.25) is 4.79 Å². The maximum Gasteiger partial charge on any atom is 0.303 e. The van der Waals surface area contributed by atoms with E-state index in [-0.39, 0.29) is 6.42 Å². The molecule has 0 aliphatic carbocycles. The highest BCUT2D eigenvalue weighted by molar-refractivity contribution is 7.13. The lowest BCUT2D eigenvalue weighted by Crippen LogP contribution is -1.97. The van der Waals surface area contributed by atoms with E-state index >= 15 is 0 Å². The van der Waals surface area contributed by atoms with Gasteiger partial charge in [0.05, 0.1) is 19.2 Å². The minimum absolute atomic E-state index is 0.0796. The average Bonchev–Trinajstić information content (AvgIpc) is 2.85. The van der Waals surface area contributed by atoms with Crippen LogP contribution < -0.4 is 4.74 Å². The fourth-order valence-corrected chi connectivity index (χ4v) is 2.16. The van der Waals surface area contributed by atoms with Crippen LogP contribution in [0.4, 0.5) is 0 Å². The summed E-state index contributed by atoms with van der Waals surface area (Å²) >= 11 is 1.42. The van der Waals surface area contributed by atoms with Crippen LogP contribution in [-0.4, -0.2) is 33.1 Å². The summed E-state index contributed by atoms with van der Waals surface area (Å²) in [6.07, 6.45) is 1.91. The summed E-state index contributed by atoms with van der Waals surface area (Å²) in [7, 11) is 1.53. The van der Waals surface area contributed by atoms with Crippen molar-refractivity contribution in [1.29, 1.82) is 0 Å². The van der Waals surface area contributed by atoms with Crippen LogP contribution in [0.3, 0.4) is 0 Å². The molecule has 0 radical (unpaired) electrons. The summed E-state index contributed by atoms with van der Waals surface area (Å²) < 4.78 is 5.01. The molecule has 18 heavy (non-hydrogen) atoms. The van der Waals surface area contributed by atoms with Crippen molar-refractivity contribution in [2.75, 3.05) is 7.11 Å². The molecule has 0 saturated heterocycles. The molecule has 0 atom stereocenters. The number of hydrogen-bond acceptors (Lipinski definition) is 6. The Kier molecular flexibility index (Phi) is 3.83. The van der Waals surface area contributed by atoms with Crippen LogP contribution in [0.5, 0.6) is 5.88 Å². The number of aromatic nitrogens is 3. The third kappa shape index (κ3) is 3.01. The number of carboxylic acids is 1. The smallest absolute Gasteiger partial charge is 0.303 e. The van der Waals surface area contributed by atoms with Gasteiger partial charge in [0.1, 0.15) is 17.0 Å². The van der Waals surface area contributed by atoms with Crippen LogP contribution in [0.2, 0.25) is 0 Å². The Balaban J connectivity index is 2.15. The SMILES string of the molecule is COc1cc(-c2nc(CCC(=O)O)cs2)ncn1. The van der Waals surface area contributed by atoms with Gasteiger partial charge in [0.15, 0.2) is 0 Å². The van der Waals surface area contributed by atoms with Gasteiger partial charge in [0.25, 0.3) is 0 Å². The number of aliphatic carboxylic acids is 1. The number of carbonyl (C=O) groups is 1. The third-order valence-electron chi connectivity index (χ3n) is 2.22. The van der Waals surface area contributed by atoms with Gasteiger partial charge in [0.2, 0.25) is 5.88 Å². The van der Waals surface area contributed by atoms with E-state index in [1.54, 1.807) is 6.07 Å². The summed E-state index contributed by atoms with van der Waals surface area (Å²) in [5, 5.41) is 11.2. The van der Waals surface area contributed by atoms with Gasteiger partial charge in [-0.1, -0.05) is 0 Å². The summed E-state index contributed by atoms with van der Waals surface area (Å²) in [4.78, 5) is 22.8. The van der Waals surface area contributed by atoms with Crippen LogP contribution in [0, 0.1) is 0 Å². The number of thiazole rings is 1. The zero-order chi connectivity index (χ0) is 13.0. The minimum Gasteiger partial charge on any atom is -0.481 e. The Labute approximate surface area is 107 Å². The molecule has 0 aliphatic heterocycles. The van der Waals surface area contributed by atoms with Crippen LogP contribution >= 0.6 is 11.3 Å². The second kappa shape index (κ2) is 5.54. The second-order valence-corrected chi connectivity index (χ2v) is 4.34. The molecule has 2 heterocycles. The topological polar surface area (TPSA) is 85.2 Å². The lowest BCUT2D eigenvalue weighted by molar-refractivity contribution is -0.136. The maximum absolute atomic E-state index is 10.5. The first-order valence-corrected chi connectivity index (χ1v) is 6.09. The molecule has 1 N–H and O–H groups in total. The molecule has 0 fully saturated rings. The highest BCUT2D eigenvalue weighted by atomic mass is 32.1. The first-order chi connectivity index (χ1) is 8.69. The Hall–Kier alpha value is -2.02. The first kappa shape index (κ1) is 12.4. The third-order valence-corrected chi connectivity index (χ3v) is 3.13. The van der Waals surface area contributed by atoms with Crippen LogP contribution in [0.1, 0.15) is 12.1 Å². The van der Waals surface area contributed by atoms with E-state index in [0.29, 0.717) is 18.0 Å². The van der Waals surface area contributed by atoms with Gasteiger partial charge in [-0.15, -0.1) is 11.3 Å². The van der Waals surface area contributed by atoms with Crippen LogP contribution in [0.25, 0.3) is 10.7 Å². The quantitative estimate of drug-likeness (QED) is 0.884. The standard InChI is InChI=1S/C11H11N3O3S/c1-17-9-4-8(12-6-13-9)11-14-7(5-18-11)2-3-10(15)16/h4-6H,2-3H2,1H3,(H,15,16). The number of rotatable bonds is 5. The van der Waals surface area contributed by atoms with E-state index in [4.69, 9.17) is 9.84 Å². The van der Waals surface area contributed by atoms with E-state index < -0.39 is 5.97 Å². The fraction of sp³-hybridized carbons (Fsp3) is 0.273.